The molecule has 1 rings (SSSR count). The first kappa shape index (κ1) is 17.7. The molecule has 0 aliphatic heterocycles. The van der Waals surface area contributed by atoms with Crippen LogP contribution in [-0.2, 0) is 4.74 Å². The van der Waals surface area contributed by atoms with Gasteiger partial charge in [-0.2, -0.15) is 0 Å². The summed E-state index contributed by atoms with van der Waals surface area (Å²) in [5.41, 5.74) is 0.382. The van der Waals surface area contributed by atoms with Crippen molar-refractivity contribution in [3.63, 3.8) is 0 Å². The molecule has 0 bridgehead atoms. The lowest BCUT2D eigenvalue weighted by Crippen LogP contribution is -2.39. The minimum Gasteiger partial charge on any atom is -0.373 e. The van der Waals surface area contributed by atoms with E-state index in [2.05, 4.69) is 65.5 Å². The molecule has 0 amide bonds. The molecular weight excluding hydrogens is 246 g/mol. The fourth-order valence-corrected chi connectivity index (χ4v) is 3.08. The van der Waals surface area contributed by atoms with E-state index in [4.69, 9.17) is 4.74 Å². The highest BCUT2D eigenvalue weighted by atomic mass is 16.5. The molecule has 0 radical (unpaired) electrons. The molecule has 0 saturated heterocycles. The summed E-state index contributed by atoms with van der Waals surface area (Å²) in [5, 5.41) is 0. The summed E-state index contributed by atoms with van der Waals surface area (Å²) in [6.45, 7) is 17.9. The first-order chi connectivity index (χ1) is 9.21. The largest absolute Gasteiger partial charge is 0.373 e. The second-order valence-corrected chi connectivity index (χ2v) is 7.77. The molecule has 20 heavy (non-hydrogen) atoms. The van der Waals surface area contributed by atoms with Gasteiger partial charge in [-0.1, -0.05) is 32.9 Å². The van der Waals surface area contributed by atoms with Gasteiger partial charge in [0, 0.05) is 18.6 Å². The average molecular weight is 281 g/mol. The monoisotopic (exact) mass is 281 g/mol. The van der Waals surface area contributed by atoms with Crippen molar-refractivity contribution in [3.8, 4) is 0 Å². The molecule has 0 aromatic carbocycles. The fourth-order valence-electron chi connectivity index (χ4n) is 3.08. The predicted molar refractivity (Wildman–Crippen MR) is 88.0 cm³/mol. The third-order valence-corrected chi connectivity index (χ3v) is 4.44. The Morgan fingerprint density at radius 2 is 1.65 bits per heavy atom. The van der Waals surface area contributed by atoms with E-state index in [0.717, 1.165) is 13.2 Å². The number of allylic oxidation sites excluding steroid dienone is 1. The van der Waals surface area contributed by atoms with Crippen molar-refractivity contribution in [1.29, 1.82) is 0 Å². The summed E-state index contributed by atoms with van der Waals surface area (Å²) in [6.07, 6.45) is 7.41. The molecule has 0 aromatic rings. The summed E-state index contributed by atoms with van der Waals surface area (Å²) < 4.78 is 6.05. The first-order valence-corrected chi connectivity index (χ1v) is 8.27. The summed E-state index contributed by atoms with van der Waals surface area (Å²) in [6, 6.07) is 1.18. The second-order valence-electron chi connectivity index (χ2n) is 7.77. The van der Waals surface area contributed by atoms with E-state index in [-0.39, 0.29) is 0 Å². The number of hydrogen-bond donors (Lipinski definition) is 0. The molecule has 2 unspecified atom stereocenters. The first-order valence-electron chi connectivity index (χ1n) is 8.27. The van der Waals surface area contributed by atoms with Gasteiger partial charge in [-0.3, -0.25) is 4.90 Å². The van der Waals surface area contributed by atoms with E-state index in [9.17, 15) is 0 Å². The van der Waals surface area contributed by atoms with Crippen LogP contribution in [0, 0.1) is 11.3 Å². The van der Waals surface area contributed by atoms with Crippen LogP contribution < -0.4 is 0 Å². The molecule has 0 N–H and O–H groups in total. The van der Waals surface area contributed by atoms with Crippen molar-refractivity contribution in [2.24, 2.45) is 11.3 Å². The molecule has 0 fully saturated rings. The van der Waals surface area contributed by atoms with Crippen molar-refractivity contribution < 1.29 is 4.74 Å². The van der Waals surface area contributed by atoms with Crippen LogP contribution in [0.1, 0.15) is 61.3 Å². The zero-order chi connectivity index (χ0) is 15.3. The van der Waals surface area contributed by atoms with E-state index in [1.807, 2.05) is 0 Å². The van der Waals surface area contributed by atoms with E-state index < -0.39 is 0 Å². The van der Waals surface area contributed by atoms with Gasteiger partial charge in [-0.25, -0.2) is 0 Å². The van der Waals surface area contributed by atoms with Crippen molar-refractivity contribution in [1.82, 2.24) is 4.90 Å². The SMILES string of the molecule is CC(C)N(CCOC1C=CC(C(C)(C)C)CC1)C(C)C. The smallest absolute Gasteiger partial charge is 0.0756 e. The predicted octanol–water partition coefficient (Wildman–Crippen LogP) is 4.50. The Balaban J connectivity index is 2.34. The van der Waals surface area contributed by atoms with Gasteiger partial charge in [-0.15, -0.1) is 0 Å². The topological polar surface area (TPSA) is 12.5 Å². The molecule has 118 valence electrons. The molecule has 2 nitrogen and oxygen atoms in total. The molecule has 0 heterocycles. The van der Waals surface area contributed by atoms with Crippen molar-refractivity contribution >= 4 is 0 Å². The lowest BCUT2D eigenvalue weighted by Gasteiger charge is -2.34. The van der Waals surface area contributed by atoms with Crippen LogP contribution in [-0.4, -0.2) is 36.2 Å². The Hall–Kier alpha value is -0.340. The highest BCUT2D eigenvalue weighted by Gasteiger charge is 2.26. The van der Waals surface area contributed by atoms with Crippen molar-refractivity contribution in [3.05, 3.63) is 12.2 Å². The highest BCUT2D eigenvalue weighted by molar-refractivity contribution is 5.02. The van der Waals surface area contributed by atoms with Gasteiger partial charge in [0.15, 0.2) is 0 Å². The molecule has 2 atom stereocenters. The maximum absolute atomic E-state index is 6.05. The summed E-state index contributed by atoms with van der Waals surface area (Å²) in [4.78, 5) is 2.49. The van der Waals surface area contributed by atoms with Crippen LogP contribution in [0.25, 0.3) is 0 Å². The molecule has 1 aliphatic rings. The van der Waals surface area contributed by atoms with Gasteiger partial charge in [-0.05, 0) is 51.9 Å². The zero-order valence-corrected chi connectivity index (χ0v) is 14.6. The second kappa shape index (κ2) is 7.61. The van der Waals surface area contributed by atoms with Crippen molar-refractivity contribution in [2.45, 2.75) is 79.5 Å². The van der Waals surface area contributed by atoms with Crippen LogP contribution in [0.15, 0.2) is 12.2 Å². The molecule has 0 spiro atoms. The normalized spacial score (nSPS) is 24.1. The Bertz CT molecular complexity index is 293. The van der Waals surface area contributed by atoms with Crippen LogP contribution in [0.4, 0.5) is 0 Å². The van der Waals surface area contributed by atoms with Crippen LogP contribution in [0.3, 0.4) is 0 Å². The van der Waals surface area contributed by atoms with Crippen LogP contribution in [0.2, 0.25) is 0 Å². The Morgan fingerprint density at radius 1 is 1.05 bits per heavy atom. The summed E-state index contributed by atoms with van der Waals surface area (Å²) in [5.74, 6) is 0.699. The summed E-state index contributed by atoms with van der Waals surface area (Å²) >= 11 is 0. The Labute approximate surface area is 126 Å². The van der Waals surface area contributed by atoms with Gasteiger partial charge in [0.25, 0.3) is 0 Å². The van der Waals surface area contributed by atoms with Gasteiger partial charge in [0.2, 0.25) is 0 Å². The van der Waals surface area contributed by atoms with E-state index in [1.165, 1.54) is 12.8 Å². The van der Waals surface area contributed by atoms with Gasteiger partial charge < -0.3 is 4.74 Å². The van der Waals surface area contributed by atoms with Gasteiger partial charge in [0.05, 0.1) is 12.7 Å². The third-order valence-electron chi connectivity index (χ3n) is 4.44. The molecule has 2 heteroatoms. The number of nitrogens with zero attached hydrogens (tertiary/aromatic N) is 1. The standard InChI is InChI=1S/C18H35NO/c1-14(2)19(15(3)4)12-13-20-17-10-8-16(9-11-17)18(5,6)7/h8,10,14-17H,9,11-13H2,1-7H3. The number of rotatable bonds is 6. The highest BCUT2D eigenvalue weighted by Crippen LogP contribution is 2.34. The van der Waals surface area contributed by atoms with Gasteiger partial charge in [0.1, 0.15) is 0 Å². The molecule has 0 aromatic heterocycles. The number of hydrogen-bond acceptors (Lipinski definition) is 2. The van der Waals surface area contributed by atoms with Gasteiger partial charge >= 0.3 is 0 Å². The maximum atomic E-state index is 6.05. The Morgan fingerprint density at radius 3 is 2.05 bits per heavy atom. The van der Waals surface area contributed by atoms with Crippen molar-refractivity contribution in [2.75, 3.05) is 13.2 Å². The molecule has 1 aliphatic carbocycles. The Kier molecular flexibility index (Phi) is 6.74. The molecular formula is C18H35NO. The quantitative estimate of drug-likeness (QED) is 0.665. The van der Waals surface area contributed by atoms with Crippen LogP contribution in [0.5, 0.6) is 0 Å². The van der Waals surface area contributed by atoms with E-state index in [1.54, 1.807) is 0 Å². The number of ether oxygens (including phenoxy) is 1. The third kappa shape index (κ3) is 5.57. The maximum Gasteiger partial charge on any atom is 0.0756 e. The molecule has 0 saturated carbocycles. The lowest BCUT2D eigenvalue weighted by atomic mass is 9.75. The van der Waals surface area contributed by atoms with E-state index in [0.29, 0.717) is 29.5 Å². The minimum absolute atomic E-state index is 0.328. The van der Waals surface area contributed by atoms with Crippen LogP contribution >= 0.6 is 0 Å². The summed E-state index contributed by atoms with van der Waals surface area (Å²) in [7, 11) is 0. The fraction of sp³-hybridized carbons (Fsp3) is 0.889. The zero-order valence-electron chi connectivity index (χ0n) is 14.6. The minimum atomic E-state index is 0.328. The lowest BCUT2D eigenvalue weighted by molar-refractivity contribution is 0.0357. The van der Waals surface area contributed by atoms with E-state index >= 15 is 0 Å². The average Bonchev–Trinajstić information content (AvgIpc) is 2.33.